The molecule has 0 spiro atoms. The van der Waals surface area contributed by atoms with Gasteiger partial charge < -0.3 is 4.42 Å². The topological polar surface area (TPSA) is 30.2 Å². The van der Waals surface area contributed by atoms with Gasteiger partial charge >= 0.3 is 0 Å². The maximum atomic E-state index is 11.6. The number of benzene rings is 1. The number of hydrogen-bond acceptors (Lipinski definition) is 2. The molecule has 2 aromatic rings. The zero-order chi connectivity index (χ0) is 10.5. The van der Waals surface area contributed by atoms with E-state index in [-0.39, 0.29) is 11.2 Å². The average molecular weight is 200 g/mol. The van der Waals surface area contributed by atoms with Crippen molar-refractivity contribution < 1.29 is 9.21 Å². The molecular formula is C13H12O2. The Kier molecular flexibility index (Phi) is 1.58. The molecule has 2 heteroatoms. The van der Waals surface area contributed by atoms with Crippen molar-refractivity contribution in [1.82, 2.24) is 0 Å². The second-order valence-corrected chi connectivity index (χ2v) is 4.31. The molecule has 76 valence electrons. The summed E-state index contributed by atoms with van der Waals surface area (Å²) in [6.07, 6.45) is 3.67. The Morgan fingerprint density at radius 2 is 2.13 bits per heavy atom. The van der Waals surface area contributed by atoms with Crippen LogP contribution in [0.25, 0.3) is 11.0 Å². The van der Waals surface area contributed by atoms with E-state index in [1.807, 2.05) is 18.2 Å². The maximum absolute atomic E-state index is 11.6. The molecule has 0 amide bonds. The number of carbonyl (C=O) groups is 1. The quantitative estimate of drug-likeness (QED) is 0.745. The van der Waals surface area contributed by atoms with Crippen LogP contribution in [0.4, 0.5) is 0 Å². The Morgan fingerprint density at radius 1 is 1.33 bits per heavy atom. The normalized spacial score (nSPS) is 17.9. The summed E-state index contributed by atoms with van der Waals surface area (Å²) < 4.78 is 5.28. The minimum Gasteiger partial charge on any atom is -0.464 e. The van der Waals surface area contributed by atoms with Crippen LogP contribution in [0.2, 0.25) is 0 Å². The van der Waals surface area contributed by atoms with Crippen LogP contribution < -0.4 is 0 Å². The third-order valence-corrected chi connectivity index (χ3v) is 3.43. The van der Waals surface area contributed by atoms with Gasteiger partial charge in [-0.3, -0.25) is 4.79 Å². The SMILES string of the molecule is CC(=O)C1(c2ccc3occc3c2)CC1. The van der Waals surface area contributed by atoms with E-state index in [4.69, 9.17) is 4.42 Å². The summed E-state index contributed by atoms with van der Waals surface area (Å²) in [6.45, 7) is 1.69. The predicted octanol–water partition coefficient (Wildman–Crippen LogP) is 3.05. The van der Waals surface area contributed by atoms with Crippen molar-refractivity contribution >= 4 is 16.8 Å². The lowest BCUT2D eigenvalue weighted by Gasteiger charge is -2.11. The lowest BCUT2D eigenvalue weighted by atomic mass is 9.91. The second kappa shape index (κ2) is 2.72. The first-order valence-electron chi connectivity index (χ1n) is 5.21. The van der Waals surface area contributed by atoms with E-state index in [9.17, 15) is 4.79 Å². The minimum absolute atomic E-state index is 0.175. The van der Waals surface area contributed by atoms with E-state index in [0.29, 0.717) is 0 Å². The van der Waals surface area contributed by atoms with E-state index < -0.39 is 0 Å². The highest BCUT2D eigenvalue weighted by Gasteiger charge is 2.48. The summed E-state index contributed by atoms with van der Waals surface area (Å²) in [5.74, 6) is 0.283. The van der Waals surface area contributed by atoms with Crippen LogP contribution in [0, 0.1) is 0 Å². The summed E-state index contributed by atoms with van der Waals surface area (Å²) in [6, 6.07) is 7.98. The first-order chi connectivity index (χ1) is 7.22. The summed E-state index contributed by atoms with van der Waals surface area (Å²) in [4.78, 5) is 11.6. The molecular weight excluding hydrogens is 188 g/mol. The van der Waals surface area contributed by atoms with Crippen molar-refractivity contribution in [3.05, 3.63) is 36.1 Å². The van der Waals surface area contributed by atoms with Gasteiger partial charge in [-0.1, -0.05) is 6.07 Å². The average Bonchev–Trinajstić information content (AvgIpc) is 2.91. The number of rotatable bonds is 2. The Morgan fingerprint density at radius 3 is 2.80 bits per heavy atom. The molecule has 1 aromatic heterocycles. The van der Waals surface area contributed by atoms with Gasteiger partial charge in [-0.25, -0.2) is 0 Å². The third-order valence-electron chi connectivity index (χ3n) is 3.43. The predicted molar refractivity (Wildman–Crippen MR) is 57.8 cm³/mol. The monoisotopic (exact) mass is 200 g/mol. The van der Waals surface area contributed by atoms with E-state index in [1.54, 1.807) is 13.2 Å². The minimum atomic E-state index is -0.175. The summed E-state index contributed by atoms with van der Waals surface area (Å²) in [7, 11) is 0. The molecule has 1 fully saturated rings. The number of ketones is 1. The largest absolute Gasteiger partial charge is 0.464 e. The van der Waals surface area contributed by atoms with Gasteiger partial charge in [0.1, 0.15) is 11.4 Å². The van der Waals surface area contributed by atoms with Crippen molar-refractivity contribution in [1.29, 1.82) is 0 Å². The fraction of sp³-hybridized carbons (Fsp3) is 0.308. The lowest BCUT2D eigenvalue weighted by Crippen LogP contribution is -2.16. The fourth-order valence-corrected chi connectivity index (χ4v) is 2.23. The molecule has 1 aliphatic carbocycles. The molecule has 1 aromatic carbocycles. The van der Waals surface area contributed by atoms with Gasteiger partial charge in [0, 0.05) is 5.39 Å². The van der Waals surface area contributed by atoms with E-state index >= 15 is 0 Å². The molecule has 3 rings (SSSR count). The Labute approximate surface area is 87.9 Å². The van der Waals surface area contributed by atoms with Crippen LogP contribution in [0.5, 0.6) is 0 Å². The van der Waals surface area contributed by atoms with Crippen LogP contribution in [0.1, 0.15) is 25.3 Å². The van der Waals surface area contributed by atoms with Crippen molar-refractivity contribution in [3.63, 3.8) is 0 Å². The van der Waals surface area contributed by atoms with Gasteiger partial charge in [0.05, 0.1) is 11.7 Å². The van der Waals surface area contributed by atoms with Crippen molar-refractivity contribution in [3.8, 4) is 0 Å². The molecule has 0 aliphatic heterocycles. The van der Waals surface area contributed by atoms with Crippen LogP contribution in [0.15, 0.2) is 34.9 Å². The highest BCUT2D eigenvalue weighted by Crippen LogP contribution is 2.49. The zero-order valence-electron chi connectivity index (χ0n) is 8.62. The van der Waals surface area contributed by atoms with Crippen LogP contribution in [-0.2, 0) is 10.2 Å². The smallest absolute Gasteiger partial charge is 0.140 e. The van der Waals surface area contributed by atoms with Crippen LogP contribution in [0.3, 0.4) is 0 Å². The van der Waals surface area contributed by atoms with Gasteiger partial charge in [0.2, 0.25) is 0 Å². The molecule has 1 saturated carbocycles. The number of carbonyl (C=O) groups excluding carboxylic acids is 1. The maximum Gasteiger partial charge on any atom is 0.140 e. The highest BCUT2D eigenvalue weighted by molar-refractivity contribution is 5.92. The molecule has 15 heavy (non-hydrogen) atoms. The molecule has 0 atom stereocenters. The molecule has 0 bridgehead atoms. The van der Waals surface area contributed by atoms with Gasteiger partial charge in [0.25, 0.3) is 0 Å². The first kappa shape index (κ1) is 8.72. The number of hydrogen-bond donors (Lipinski definition) is 0. The fourth-order valence-electron chi connectivity index (χ4n) is 2.23. The molecule has 2 nitrogen and oxygen atoms in total. The standard InChI is InChI=1S/C13H12O2/c1-9(14)13(5-6-13)11-2-3-12-10(8-11)4-7-15-12/h2-4,7-8H,5-6H2,1H3. The molecule has 0 N–H and O–H groups in total. The Balaban J connectivity index is 2.15. The molecule has 0 saturated heterocycles. The molecule has 1 heterocycles. The van der Waals surface area contributed by atoms with Gasteiger partial charge in [-0.2, -0.15) is 0 Å². The van der Waals surface area contributed by atoms with E-state index in [0.717, 1.165) is 29.4 Å². The van der Waals surface area contributed by atoms with Crippen LogP contribution >= 0.6 is 0 Å². The zero-order valence-corrected chi connectivity index (χ0v) is 8.62. The Hall–Kier alpha value is -1.57. The Bertz CT molecular complexity index is 532. The molecule has 0 unspecified atom stereocenters. The second-order valence-electron chi connectivity index (χ2n) is 4.31. The summed E-state index contributed by atoms with van der Waals surface area (Å²) >= 11 is 0. The molecule has 0 radical (unpaired) electrons. The van der Waals surface area contributed by atoms with Crippen molar-refractivity contribution in [2.24, 2.45) is 0 Å². The van der Waals surface area contributed by atoms with E-state index in [2.05, 4.69) is 6.07 Å². The van der Waals surface area contributed by atoms with Gasteiger partial charge in [-0.15, -0.1) is 0 Å². The van der Waals surface area contributed by atoms with Crippen molar-refractivity contribution in [2.45, 2.75) is 25.2 Å². The number of furan rings is 1. The highest BCUT2D eigenvalue weighted by atomic mass is 16.3. The lowest BCUT2D eigenvalue weighted by molar-refractivity contribution is -0.119. The summed E-state index contributed by atoms with van der Waals surface area (Å²) in [5, 5.41) is 1.08. The molecule has 1 aliphatic rings. The third kappa shape index (κ3) is 1.14. The van der Waals surface area contributed by atoms with Crippen molar-refractivity contribution in [2.75, 3.05) is 0 Å². The number of fused-ring (bicyclic) bond motifs is 1. The van der Waals surface area contributed by atoms with E-state index in [1.165, 1.54) is 0 Å². The number of Topliss-reactive ketones (excluding diaryl/α,β-unsaturated/α-hetero) is 1. The van der Waals surface area contributed by atoms with Gasteiger partial charge in [-0.05, 0) is 43.5 Å². The van der Waals surface area contributed by atoms with Crippen LogP contribution in [-0.4, -0.2) is 5.78 Å². The van der Waals surface area contributed by atoms with Gasteiger partial charge in [0.15, 0.2) is 0 Å². The first-order valence-corrected chi connectivity index (χ1v) is 5.21. The summed E-state index contributed by atoms with van der Waals surface area (Å²) in [5.41, 5.74) is 1.85.